The number of benzene rings is 1. The molecule has 4 nitrogen and oxygen atoms in total. The number of ether oxygens (including phenoxy) is 1. The number of rotatable bonds is 5. The van der Waals surface area contributed by atoms with Gasteiger partial charge in [-0.15, -0.1) is 0 Å². The van der Waals surface area contributed by atoms with Gasteiger partial charge in [-0.3, -0.25) is 0 Å². The van der Waals surface area contributed by atoms with Crippen LogP contribution in [0.15, 0.2) is 35.5 Å². The highest BCUT2D eigenvalue weighted by Gasteiger charge is 2.36. The van der Waals surface area contributed by atoms with E-state index in [1.807, 2.05) is 80.6 Å². The normalized spacial score (nSPS) is 12.4. The molecule has 0 N–H and O–H groups in total. The SMILES string of the molecule is C.CC.CC.CC.CC.CCC[N+]1=CC(=C(C)C)C(c2c(OCC)ncc(C)c2C)c2ccc(C#N)cc21. The van der Waals surface area contributed by atoms with Crippen LogP contribution >= 0.6 is 0 Å². The average molecular weight is 525 g/mol. The molecule has 0 spiro atoms. The Morgan fingerprint density at radius 1 is 1.00 bits per heavy atom. The first-order valence-electron chi connectivity index (χ1n) is 14.3. The van der Waals surface area contributed by atoms with E-state index in [0.717, 1.165) is 29.8 Å². The molecule has 1 aromatic carbocycles. The Balaban J connectivity index is -0.00000124. The largest absolute Gasteiger partial charge is 0.478 e. The van der Waals surface area contributed by atoms with Crippen LogP contribution in [0.3, 0.4) is 0 Å². The fourth-order valence-electron chi connectivity index (χ4n) is 4.03. The number of hydrogen-bond donors (Lipinski definition) is 0. The Morgan fingerprint density at radius 2 is 1.58 bits per heavy atom. The first-order valence-corrected chi connectivity index (χ1v) is 14.3. The Kier molecular flexibility index (Phi) is 23.0. The molecule has 1 atom stereocenters. The molecule has 1 unspecified atom stereocenters. The lowest BCUT2D eigenvalue weighted by atomic mass is 9.78. The van der Waals surface area contributed by atoms with Crippen molar-refractivity contribution in [3.05, 3.63) is 63.4 Å². The zero-order chi connectivity index (χ0) is 29.1. The van der Waals surface area contributed by atoms with Gasteiger partial charge in [-0.05, 0) is 51.8 Å². The molecule has 38 heavy (non-hydrogen) atoms. The molecule has 0 amide bonds. The maximum Gasteiger partial charge on any atom is 0.217 e. The smallest absolute Gasteiger partial charge is 0.217 e. The minimum absolute atomic E-state index is 0. The summed E-state index contributed by atoms with van der Waals surface area (Å²) in [6.07, 6.45) is 5.18. The number of aromatic nitrogens is 1. The van der Waals surface area contributed by atoms with E-state index in [9.17, 15) is 5.26 Å². The van der Waals surface area contributed by atoms with Crippen LogP contribution in [0.4, 0.5) is 5.69 Å². The van der Waals surface area contributed by atoms with Crippen molar-refractivity contribution in [2.45, 2.75) is 117 Å². The van der Waals surface area contributed by atoms with Gasteiger partial charge in [0.1, 0.15) is 6.54 Å². The van der Waals surface area contributed by atoms with Crippen LogP contribution in [0.1, 0.15) is 131 Å². The van der Waals surface area contributed by atoms with Crippen molar-refractivity contribution < 1.29 is 9.31 Å². The van der Waals surface area contributed by atoms with Crippen molar-refractivity contribution in [1.82, 2.24) is 4.98 Å². The summed E-state index contributed by atoms with van der Waals surface area (Å²) in [6.45, 7) is 30.2. The van der Waals surface area contributed by atoms with Crippen LogP contribution < -0.4 is 4.74 Å². The summed E-state index contributed by atoms with van der Waals surface area (Å²) >= 11 is 0. The van der Waals surface area contributed by atoms with Gasteiger partial charge in [0.15, 0.2) is 6.21 Å². The summed E-state index contributed by atoms with van der Waals surface area (Å²) in [4.78, 5) is 4.64. The zero-order valence-electron chi connectivity index (χ0n) is 26.3. The van der Waals surface area contributed by atoms with E-state index in [2.05, 4.69) is 62.5 Å². The third-order valence-electron chi connectivity index (χ3n) is 5.60. The molecule has 0 saturated heterocycles. The number of nitrogens with zero attached hydrogens (tertiary/aromatic N) is 3. The van der Waals surface area contributed by atoms with Gasteiger partial charge < -0.3 is 4.74 Å². The van der Waals surface area contributed by atoms with Crippen LogP contribution in [-0.2, 0) is 0 Å². The summed E-state index contributed by atoms with van der Waals surface area (Å²) in [7, 11) is 0. The molecule has 4 heteroatoms. The predicted octanol–water partition coefficient (Wildman–Crippen LogP) is 10.3. The number of hydrogen-bond acceptors (Lipinski definition) is 3. The van der Waals surface area contributed by atoms with Crippen LogP contribution in [0.5, 0.6) is 5.88 Å². The van der Waals surface area contributed by atoms with Crippen molar-refractivity contribution in [3.63, 3.8) is 0 Å². The highest BCUT2D eigenvalue weighted by Crippen LogP contribution is 2.45. The topological polar surface area (TPSA) is 48.9 Å². The van der Waals surface area contributed by atoms with Crippen molar-refractivity contribution in [1.29, 1.82) is 5.26 Å². The zero-order valence-corrected chi connectivity index (χ0v) is 26.3. The van der Waals surface area contributed by atoms with Crippen molar-refractivity contribution in [2.75, 3.05) is 13.2 Å². The molecule has 0 saturated carbocycles. The first-order chi connectivity index (χ1) is 17.9. The maximum absolute atomic E-state index is 9.46. The molecular weight excluding hydrogens is 466 g/mol. The Labute approximate surface area is 236 Å². The van der Waals surface area contributed by atoms with E-state index in [4.69, 9.17) is 4.74 Å². The highest BCUT2D eigenvalue weighted by atomic mass is 16.5. The molecular formula is C34H58N3O+. The first kappa shape index (κ1) is 39.6. The minimum Gasteiger partial charge on any atom is -0.478 e. The number of aryl methyl sites for hydroxylation is 1. The second-order valence-corrected chi connectivity index (χ2v) is 7.81. The minimum atomic E-state index is 0. The molecule has 0 aliphatic carbocycles. The molecule has 1 aliphatic heterocycles. The molecule has 0 radical (unpaired) electrons. The van der Waals surface area contributed by atoms with E-state index >= 15 is 0 Å². The van der Waals surface area contributed by atoms with Crippen LogP contribution in [0, 0.1) is 25.2 Å². The molecule has 2 heterocycles. The second kappa shape index (κ2) is 22.1. The summed E-state index contributed by atoms with van der Waals surface area (Å²) < 4.78 is 8.26. The monoisotopic (exact) mass is 524 g/mol. The maximum atomic E-state index is 9.46. The molecule has 1 aromatic heterocycles. The van der Waals surface area contributed by atoms with Gasteiger partial charge in [0, 0.05) is 35.4 Å². The number of fused-ring (bicyclic) bond motifs is 1. The van der Waals surface area contributed by atoms with Gasteiger partial charge in [-0.2, -0.15) is 9.84 Å². The molecule has 1 aliphatic rings. The molecule has 0 bridgehead atoms. The Bertz CT molecular complexity index is 1040. The Morgan fingerprint density at radius 3 is 2.05 bits per heavy atom. The lowest BCUT2D eigenvalue weighted by Crippen LogP contribution is -2.24. The van der Waals surface area contributed by atoms with E-state index in [1.54, 1.807) is 0 Å². The molecule has 3 rings (SSSR count). The van der Waals surface area contributed by atoms with E-state index < -0.39 is 0 Å². The van der Waals surface area contributed by atoms with Gasteiger partial charge >= 0.3 is 0 Å². The number of allylic oxidation sites excluding steroid dienone is 2. The lowest BCUT2D eigenvalue weighted by Gasteiger charge is -2.28. The van der Waals surface area contributed by atoms with Gasteiger partial charge in [-0.1, -0.05) is 81.4 Å². The molecule has 0 fully saturated rings. The predicted molar refractivity (Wildman–Crippen MR) is 170 cm³/mol. The van der Waals surface area contributed by atoms with E-state index in [1.165, 1.54) is 22.3 Å². The third-order valence-corrected chi connectivity index (χ3v) is 5.60. The van der Waals surface area contributed by atoms with Crippen molar-refractivity contribution in [3.8, 4) is 11.9 Å². The number of nitriles is 1. The third kappa shape index (κ3) is 9.75. The van der Waals surface area contributed by atoms with Gasteiger partial charge in [-0.25, -0.2) is 4.98 Å². The van der Waals surface area contributed by atoms with Crippen LogP contribution in [-0.4, -0.2) is 28.9 Å². The second-order valence-electron chi connectivity index (χ2n) is 7.81. The van der Waals surface area contributed by atoms with E-state index in [0.29, 0.717) is 18.1 Å². The summed E-state index contributed by atoms with van der Waals surface area (Å²) in [6, 6.07) is 8.33. The fourth-order valence-corrected chi connectivity index (χ4v) is 4.03. The van der Waals surface area contributed by atoms with Gasteiger partial charge in [0.05, 0.1) is 24.2 Å². The standard InChI is InChI=1S/C25H30N3O.4C2H6.CH4/c1-7-11-28-15-21(16(3)4)24(20-10-9-19(13-26)12-22(20)28)23-18(6)17(5)14-27-25(23)29-8-2;4*1-2;/h9-10,12,14-15,24H,7-8,11H2,1-6H3;4*1-2H3;1H4/q+1;;;;;. The van der Waals surface area contributed by atoms with Crippen LogP contribution in [0.2, 0.25) is 0 Å². The highest BCUT2D eigenvalue weighted by molar-refractivity contribution is 5.84. The summed E-state index contributed by atoms with van der Waals surface area (Å²) in [5.74, 6) is 0.733. The van der Waals surface area contributed by atoms with Crippen molar-refractivity contribution in [2.24, 2.45) is 0 Å². The molecule has 214 valence electrons. The Hall–Kier alpha value is -2.93. The van der Waals surface area contributed by atoms with Gasteiger partial charge in [0.2, 0.25) is 11.6 Å². The lowest BCUT2D eigenvalue weighted by molar-refractivity contribution is -0.437. The fraction of sp³-hybridized carbons (Fsp3) is 0.559. The summed E-state index contributed by atoms with van der Waals surface area (Å²) in [5.41, 5.74) is 9.02. The van der Waals surface area contributed by atoms with E-state index in [-0.39, 0.29) is 13.3 Å². The van der Waals surface area contributed by atoms with Crippen molar-refractivity contribution >= 4 is 11.9 Å². The summed E-state index contributed by atoms with van der Waals surface area (Å²) in [5, 5.41) is 9.46. The van der Waals surface area contributed by atoms with Gasteiger partial charge in [0.25, 0.3) is 0 Å². The van der Waals surface area contributed by atoms with Crippen LogP contribution in [0.25, 0.3) is 0 Å². The molecule has 2 aromatic rings. The number of pyridine rings is 1. The quantitative estimate of drug-likeness (QED) is 0.365. The average Bonchev–Trinajstić information content (AvgIpc) is 2.95.